The molecule has 1 nitrogen and oxygen atoms in total. The zero-order valence-electron chi connectivity index (χ0n) is 13.2. The number of rotatable bonds is 0. The standard InChI is InChI=1S/C12H6BrClO/c13-10-3-1-2-9-8-5-4-7(14)6-11(8)15-12(9)10/h1-6H/i1D,2D,3D,4D,5D,6D. The molecule has 0 N–H and O–H groups in total. The Labute approximate surface area is 108 Å². The highest BCUT2D eigenvalue weighted by molar-refractivity contribution is 9.10. The summed E-state index contributed by atoms with van der Waals surface area (Å²) in [5, 5.41) is 0.0385. The Hall–Kier alpha value is -0.990. The first-order chi connectivity index (χ1) is 9.77. The number of benzene rings is 2. The van der Waals surface area contributed by atoms with Crippen LogP contribution in [-0.2, 0) is 0 Å². The predicted octanol–water partition coefficient (Wildman–Crippen LogP) is 5.00. The maximum Gasteiger partial charge on any atom is 0.149 e. The quantitative estimate of drug-likeness (QED) is 0.567. The van der Waals surface area contributed by atoms with E-state index in [-0.39, 0.29) is 67.7 Å². The minimum Gasteiger partial charge on any atom is -0.455 e. The molecular weight excluding hydrogens is 275 g/mol. The Morgan fingerprint density at radius 3 is 2.93 bits per heavy atom. The third kappa shape index (κ3) is 1.36. The van der Waals surface area contributed by atoms with E-state index in [4.69, 9.17) is 24.2 Å². The summed E-state index contributed by atoms with van der Waals surface area (Å²) in [5.41, 5.74) is 0.0925. The second kappa shape index (κ2) is 3.26. The molecule has 1 aromatic heterocycles. The summed E-state index contributed by atoms with van der Waals surface area (Å²) in [4.78, 5) is 0. The first-order valence-electron chi connectivity index (χ1n) is 7.04. The molecule has 2 aromatic carbocycles. The fourth-order valence-electron chi connectivity index (χ4n) is 1.37. The van der Waals surface area contributed by atoms with Crippen LogP contribution < -0.4 is 0 Å². The van der Waals surface area contributed by atoms with Gasteiger partial charge < -0.3 is 4.42 Å². The van der Waals surface area contributed by atoms with Crippen LogP contribution in [0.2, 0.25) is 5.02 Å². The molecule has 0 saturated carbocycles. The van der Waals surface area contributed by atoms with E-state index in [1.807, 2.05) is 0 Å². The molecule has 0 fully saturated rings. The van der Waals surface area contributed by atoms with Crippen LogP contribution in [0.15, 0.2) is 45.1 Å². The largest absolute Gasteiger partial charge is 0.455 e. The first kappa shape index (κ1) is 4.89. The number of furan rings is 1. The Morgan fingerprint density at radius 2 is 2.07 bits per heavy atom. The van der Waals surface area contributed by atoms with Gasteiger partial charge in [0.1, 0.15) is 11.2 Å². The first-order valence-corrected chi connectivity index (χ1v) is 5.21. The van der Waals surface area contributed by atoms with Gasteiger partial charge in [0, 0.05) is 21.8 Å². The van der Waals surface area contributed by atoms with Crippen molar-refractivity contribution in [1.82, 2.24) is 0 Å². The topological polar surface area (TPSA) is 13.1 Å². The summed E-state index contributed by atoms with van der Waals surface area (Å²) < 4.78 is 52.9. The van der Waals surface area contributed by atoms with Crippen molar-refractivity contribution in [2.75, 3.05) is 0 Å². The van der Waals surface area contributed by atoms with Gasteiger partial charge in [0.25, 0.3) is 0 Å². The second-order valence-corrected chi connectivity index (χ2v) is 4.06. The maximum atomic E-state index is 7.99. The molecule has 1 heterocycles. The normalized spacial score (nSPS) is 16.9. The molecule has 74 valence electrons. The molecule has 0 atom stereocenters. The summed E-state index contributed by atoms with van der Waals surface area (Å²) in [6, 6.07) is -1.62. The number of para-hydroxylation sites is 1. The smallest absolute Gasteiger partial charge is 0.149 e. The van der Waals surface area contributed by atoms with E-state index in [1.165, 1.54) is 0 Å². The lowest BCUT2D eigenvalue weighted by Crippen LogP contribution is -1.67. The van der Waals surface area contributed by atoms with E-state index in [0.717, 1.165) is 0 Å². The highest BCUT2D eigenvalue weighted by Gasteiger charge is 2.08. The van der Waals surface area contributed by atoms with E-state index in [9.17, 15) is 0 Å². The summed E-state index contributed by atoms with van der Waals surface area (Å²) in [6.07, 6.45) is 0. The van der Waals surface area contributed by atoms with E-state index in [0.29, 0.717) is 0 Å². The van der Waals surface area contributed by atoms with E-state index >= 15 is 0 Å². The summed E-state index contributed by atoms with van der Waals surface area (Å²) in [6.45, 7) is 0. The summed E-state index contributed by atoms with van der Waals surface area (Å²) >= 11 is 8.99. The van der Waals surface area contributed by atoms with Gasteiger partial charge in [-0.2, -0.15) is 0 Å². The van der Waals surface area contributed by atoms with Crippen LogP contribution in [0, 0.1) is 0 Å². The highest BCUT2D eigenvalue weighted by Crippen LogP contribution is 2.34. The molecule has 0 spiro atoms. The monoisotopic (exact) mass is 286 g/mol. The molecule has 15 heavy (non-hydrogen) atoms. The maximum absolute atomic E-state index is 7.99. The molecule has 3 heteroatoms. The molecule has 3 rings (SSSR count). The average molecular weight is 288 g/mol. The van der Waals surface area contributed by atoms with Gasteiger partial charge in [-0.15, -0.1) is 0 Å². The van der Waals surface area contributed by atoms with E-state index < -0.39 is 0 Å². The zero-order valence-corrected chi connectivity index (χ0v) is 9.51. The van der Waals surface area contributed by atoms with Crippen molar-refractivity contribution < 1.29 is 12.6 Å². The van der Waals surface area contributed by atoms with Crippen molar-refractivity contribution in [3.63, 3.8) is 0 Å². The molecule has 3 aromatic rings. The molecule has 0 saturated heterocycles. The van der Waals surface area contributed by atoms with Gasteiger partial charge in [0.2, 0.25) is 0 Å². The van der Waals surface area contributed by atoms with E-state index in [2.05, 4.69) is 15.9 Å². The SMILES string of the molecule is [2H]c1c([2H])c([2H])c2c(oc3c([2H])c(Cl)c([2H])c([2H])c32)c1Br. The Kier molecular flexibility index (Phi) is 1.06. The molecule has 0 amide bonds. The Balaban J connectivity index is 2.73. The molecule has 0 radical (unpaired) electrons. The van der Waals surface area contributed by atoms with Gasteiger partial charge in [-0.05, 0) is 34.1 Å². The molecule has 0 bridgehead atoms. The fraction of sp³-hybridized carbons (Fsp3) is 0. The predicted molar refractivity (Wildman–Crippen MR) is 66.4 cm³/mol. The third-order valence-electron chi connectivity index (χ3n) is 1.99. The minimum atomic E-state index is -0.325. The van der Waals surface area contributed by atoms with Crippen molar-refractivity contribution in [3.05, 3.63) is 45.7 Å². The van der Waals surface area contributed by atoms with Crippen LogP contribution in [0.4, 0.5) is 0 Å². The molecule has 0 aliphatic carbocycles. The van der Waals surface area contributed by atoms with Crippen LogP contribution in [0.1, 0.15) is 8.22 Å². The highest BCUT2D eigenvalue weighted by atomic mass is 79.9. The van der Waals surface area contributed by atoms with Crippen LogP contribution in [0.3, 0.4) is 0 Å². The number of halogens is 2. The lowest BCUT2D eigenvalue weighted by Gasteiger charge is -1.90. The summed E-state index contributed by atoms with van der Waals surface area (Å²) in [5.74, 6) is 0. The fourth-order valence-corrected chi connectivity index (χ4v) is 1.88. The molecule has 0 aliphatic heterocycles. The Morgan fingerprint density at radius 1 is 1.20 bits per heavy atom. The van der Waals surface area contributed by atoms with Gasteiger partial charge >= 0.3 is 0 Å². The van der Waals surface area contributed by atoms with Crippen molar-refractivity contribution in [2.24, 2.45) is 0 Å². The number of fused-ring (bicyclic) bond motifs is 3. The lowest BCUT2D eigenvalue weighted by atomic mass is 10.1. The lowest BCUT2D eigenvalue weighted by molar-refractivity contribution is 0.667. The van der Waals surface area contributed by atoms with Crippen LogP contribution in [-0.4, -0.2) is 0 Å². The van der Waals surface area contributed by atoms with Crippen molar-refractivity contribution in [2.45, 2.75) is 0 Å². The number of hydrogen-bond acceptors (Lipinski definition) is 1. The minimum absolute atomic E-state index is 0.0183. The Bertz CT molecular complexity index is 861. The van der Waals surface area contributed by atoms with Crippen LogP contribution >= 0.6 is 27.5 Å². The van der Waals surface area contributed by atoms with Crippen molar-refractivity contribution in [3.8, 4) is 0 Å². The third-order valence-corrected chi connectivity index (χ3v) is 2.74. The second-order valence-electron chi connectivity index (χ2n) is 2.89. The van der Waals surface area contributed by atoms with Crippen molar-refractivity contribution in [1.29, 1.82) is 0 Å². The summed E-state index contributed by atoms with van der Waals surface area (Å²) in [7, 11) is 0. The van der Waals surface area contributed by atoms with Crippen LogP contribution in [0.25, 0.3) is 21.9 Å². The molecule has 0 unspecified atom stereocenters. The van der Waals surface area contributed by atoms with E-state index in [1.54, 1.807) is 0 Å². The van der Waals surface area contributed by atoms with Gasteiger partial charge in [-0.3, -0.25) is 0 Å². The van der Waals surface area contributed by atoms with Gasteiger partial charge in [-0.25, -0.2) is 0 Å². The van der Waals surface area contributed by atoms with Crippen LogP contribution in [0.5, 0.6) is 0 Å². The zero-order chi connectivity index (χ0) is 15.6. The number of hydrogen-bond donors (Lipinski definition) is 0. The van der Waals surface area contributed by atoms with Gasteiger partial charge in [0.15, 0.2) is 0 Å². The molecular formula is C12H6BrClO. The van der Waals surface area contributed by atoms with Gasteiger partial charge in [-0.1, -0.05) is 23.7 Å². The molecule has 0 aliphatic rings. The average Bonchev–Trinajstić information content (AvgIpc) is 2.87. The van der Waals surface area contributed by atoms with Crippen molar-refractivity contribution >= 4 is 49.5 Å². The van der Waals surface area contributed by atoms with Gasteiger partial charge in [0.05, 0.1) is 12.7 Å².